The maximum absolute atomic E-state index is 6.09. The highest BCUT2D eigenvalue weighted by molar-refractivity contribution is 7.12. The van der Waals surface area contributed by atoms with Crippen LogP contribution in [0, 0.1) is 13.8 Å². The third-order valence-electron chi connectivity index (χ3n) is 3.35. The molecule has 1 aromatic carbocycles. The molecule has 6 heteroatoms. The lowest BCUT2D eigenvalue weighted by atomic mass is 10.3. The van der Waals surface area contributed by atoms with E-state index in [1.54, 1.807) is 17.4 Å². The smallest absolute Gasteiger partial charge is 0.201 e. The number of fused-ring (bicyclic) bond motifs is 1. The molecular weight excluding hydrogens is 313 g/mol. The summed E-state index contributed by atoms with van der Waals surface area (Å²) < 4.78 is 1.96. The summed E-state index contributed by atoms with van der Waals surface area (Å²) in [6, 6.07) is 5.75. The van der Waals surface area contributed by atoms with E-state index in [1.165, 1.54) is 15.3 Å². The van der Waals surface area contributed by atoms with E-state index in [0.717, 1.165) is 11.0 Å². The molecule has 0 bridgehead atoms. The van der Waals surface area contributed by atoms with Crippen molar-refractivity contribution in [2.75, 3.05) is 5.73 Å². The maximum atomic E-state index is 6.09. The lowest BCUT2D eigenvalue weighted by Crippen LogP contribution is -2.03. The van der Waals surface area contributed by atoms with Crippen molar-refractivity contribution >= 4 is 51.5 Å². The minimum atomic E-state index is 0.474. The number of benzene rings is 1. The number of imidazole rings is 1. The van der Waals surface area contributed by atoms with E-state index >= 15 is 0 Å². The molecule has 2 aromatic heterocycles. The Morgan fingerprint density at radius 3 is 2.55 bits per heavy atom. The summed E-state index contributed by atoms with van der Waals surface area (Å²) >= 11 is 13.9. The highest BCUT2D eigenvalue weighted by Gasteiger charge is 2.12. The van der Waals surface area contributed by atoms with E-state index < -0.39 is 0 Å². The monoisotopic (exact) mass is 325 g/mol. The number of thiophene rings is 1. The number of anilines is 1. The molecule has 0 atom stereocenters. The Balaban J connectivity index is 2.11. The Morgan fingerprint density at radius 2 is 1.90 bits per heavy atom. The molecule has 0 radical (unpaired) electrons. The second-order valence-corrected chi connectivity index (χ2v) is 6.92. The Labute approximate surface area is 130 Å². The van der Waals surface area contributed by atoms with E-state index in [1.807, 2.05) is 10.6 Å². The number of rotatable bonds is 2. The van der Waals surface area contributed by atoms with Crippen molar-refractivity contribution < 1.29 is 0 Å². The molecule has 0 aliphatic heterocycles. The number of aryl methyl sites for hydroxylation is 2. The number of nitrogens with two attached hydrogens (primary N) is 1. The Hall–Kier alpha value is -1.23. The topological polar surface area (TPSA) is 43.8 Å². The van der Waals surface area contributed by atoms with Crippen LogP contribution < -0.4 is 5.73 Å². The molecule has 0 unspecified atom stereocenters. The summed E-state index contributed by atoms with van der Waals surface area (Å²) in [7, 11) is 0. The molecule has 0 aliphatic carbocycles. The van der Waals surface area contributed by atoms with Crippen LogP contribution in [0.2, 0.25) is 10.0 Å². The van der Waals surface area contributed by atoms with Crippen LogP contribution in [0.4, 0.5) is 5.95 Å². The SMILES string of the molecule is Cc1cc(Cn2c(N)nc3cc(Cl)c(Cl)cc32)sc1C. The van der Waals surface area contributed by atoms with Gasteiger partial charge in [0, 0.05) is 9.75 Å². The molecule has 2 N–H and O–H groups in total. The number of nitrogens with zero attached hydrogens (tertiary/aromatic N) is 2. The quantitative estimate of drug-likeness (QED) is 0.745. The van der Waals surface area contributed by atoms with Crippen LogP contribution >= 0.6 is 34.5 Å². The van der Waals surface area contributed by atoms with Gasteiger partial charge in [-0.25, -0.2) is 4.98 Å². The molecule has 0 saturated heterocycles. The van der Waals surface area contributed by atoms with Crippen molar-refractivity contribution in [2.24, 2.45) is 0 Å². The first-order chi connectivity index (χ1) is 9.45. The molecule has 3 nitrogen and oxygen atoms in total. The van der Waals surface area contributed by atoms with Gasteiger partial charge in [0.05, 0.1) is 27.6 Å². The predicted octanol–water partition coefficient (Wildman–Crippen LogP) is 4.65. The van der Waals surface area contributed by atoms with Gasteiger partial charge in [-0.05, 0) is 37.6 Å². The zero-order valence-electron chi connectivity index (χ0n) is 11.1. The van der Waals surface area contributed by atoms with E-state index in [9.17, 15) is 0 Å². The van der Waals surface area contributed by atoms with Crippen molar-refractivity contribution in [1.82, 2.24) is 9.55 Å². The third-order valence-corrected chi connectivity index (χ3v) is 5.21. The first kappa shape index (κ1) is 13.7. The van der Waals surface area contributed by atoms with Gasteiger partial charge in [-0.15, -0.1) is 11.3 Å². The second kappa shape index (κ2) is 4.95. The Kier molecular flexibility index (Phi) is 3.40. The zero-order chi connectivity index (χ0) is 14.4. The van der Waals surface area contributed by atoms with Crippen LogP contribution in [0.1, 0.15) is 15.3 Å². The van der Waals surface area contributed by atoms with Gasteiger partial charge in [-0.1, -0.05) is 23.2 Å². The summed E-state index contributed by atoms with van der Waals surface area (Å²) in [5.41, 5.74) is 8.99. The molecule has 0 saturated carbocycles. The van der Waals surface area contributed by atoms with Crippen LogP contribution in [0.5, 0.6) is 0 Å². The van der Waals surface area contributed by atoms with Crippen molar-refractivity contribution in [2.45, 2.75) is 20.4 Å². The van der Waals surface area contributed by atoms with E-state index in [-0.39, 0.29) is 0 Å². The van der Waals surface area contributed by atoms with Gasteiger partial charge in [0.25, 0.3) is 0 Å². The van der Waals surface area contributed by atoms with Crippen molar-refractivity contribution in [3.63, 3.8) is 0 Å². The molecule has 0 amide bonds. The molecule has 0 aliphatic rings. The van der Waals surface area contributed by atoms with Gasteiger partial charge in [0.1, 0.15) is 0 Å². The first-order valence-electron chi connectivity index (χ1n) is 6.12. The molecular formula is C14H13Cl2N3S. The van der Waals surface area contributed by atoms with Gasteiger partial charge in [-0.2, -0.15) is 0 Å². The third kappa shape index (κ3) is 2.28. The van der Waals surface area contributed by atoms with Gasteiger partial charge < -0.3 is 10.3 Å². The predicted molar refractivity (Wildman–Crippen MR) is 87.1 cm³/mol. The summed E-state index contributed by atoms with van der Waals surface area (Å²) in [6.07, 6.45) is 0. The van der Waals surface area contributed by atoms with Crippen molar-refractivity contribution in [3.8, 4) is 0 Å². The minimum absolute atomic E-state index is 0.474. The second-order valence-electron chi connectivity index (χ2n) is 4.76. The molecule has 3 aromatic rings. The lowest BCUT2D eigenvalue weighted by molar-refractivity contribution is 0.852. The molecule has 0 spiro atoms. The molecule has 0 fully saturated rings. The van der Waals surface area contributed by atoms with Gasteiger partial charge in [0.2, 0.25) is 5.95 Å². The molecule has 2 heterocycles. The molecule has 3 rings (SSSR count). The van der Waals surface area contributed by atoms with E-state index in [4.69, 9.17) is 28.9 Å². The molecule has 20 heavy (non-hydrogen) atoms. The summed E-state index contributed by atoms with van der Waals surface area (Å²) in [6.45, 7) is 4.93. The fraction of sp³-hybridized carbons (Fsp3) is 0.214. The van der Waals surface area contributed by atoms with Gasteiger partial charge in [0.15, 0.2) is 0 Å². The fourth-order valence-electron chi connectivity index (χ4n) is 2.19. The normalized spacial score (nSPS) is 11.4. The van der Waals surface area contributed by atoms with Gasteiger partial charge >= 0.3 is 0 Å². The maximum Gasteiger partial charge on any atom is 0.201 e. The Bertz CT molecular complexity index is 785. The van der Waals surface area contributed by atoms with E-state index in [2.05, 4.69) is 24.9 Å². The van der Waals surface area contributed by atoms with Crippen LogP contribution in [0.25, 0.3) is 11.0 Å². The number of hydrogen-bond acceptors (Lipinski definition) is 3. The fourth-order valence-corrected chi connectivity index (χ4v) is 3.55. The number of aromatic nitrogens is 2. The Morgan fingerprint density at radius 1 is 1.20 bits per heavy atom. The minimum Gasteiger partial charge on any atom is -0.369 e. The zero-order valence-corrected chi connectivity index (χ0v) is 13.4. The average Bonchev–Trinajstić information content (AvgIpc) is 2.83. The number of halogens is 2. The van der Waals surface area contributed by atoms with Crippen molar-refractivity contribution in [1.29, 1.82) is 0 Å². The van der Waals surface area contributed by atoms with Crippen LogP contribution in [-0.2, 0) is 6.54 Å². The van der Waals surface area contributed by atoms with Gasteiger partial charge in [-0.3, -0.25) is 0 Å². The standard InChI is InChI=1S/C14H13Cl2N3S/c1-7-3-9(20-8(7)2)6-19-13-5-11(16)10(15)4-12(13)18-14(19)17/h3-5H,6H2,1-2H3,(H2,17,18). The average molecular weight is 326 g/mol. The molecule has 104 valence electrons. The summed E-state index contributed by atoms with van der Waals surface area (Å²) in [4.78, 5) is 6.91. The largest absolute Gasteiger partial charge is 0.369 e. The summed E-state index contributed by atoms with van der Waals surface area (Å²) in [5, 5.41) is 1.01. The summed E-state index contributed by atoms with van der Waals surface area (Å²) in [5.74, 6) is 0.474. The highest BCUT2D eigenvalue weighted by Crippen LogP contribution is 2.30. The number of nitrogen functional groups attached to an aromatic ring is 1. The van der Waals surface area contributed by atoms with E-state index in [0.29, 0.717) is 22.5 Å². The van der Waals surface area contributed by atoms with Crippen LogP contribution in [-0.4, -0.2) is 9.55 Å². The lowest BCUT2D eigenvalue weighted by Gasteiger charge is -2.05. The van der Waals surface area contributed by atoms with Crippen LogP contribution in [0.15, 0.2) is 18.2 Å². The number of hydrogen-bond donors (Lipinski definition) is 1. The first-order valence-corrected chi connectivity index (χ1v) is 7.69. The highest BCUT2D eigenvalue weighted by atomic mass is 35.5. The van der Waals surface area contributed by atoms with Crippen LogP contribution in [0.3, 0.4) is 0 Å². The van der Waals surface area contributed by atoms with Crippen molar-refractivity contribution in [3.05, 3.63) is 43.6 Å².